The Morgan fingerprint density at radius 2 is 1.86 bits per heavy atom. The number of esters is 1. The number of carbonyl (C=O) groups is 3. The van der Waals surface area contributed by atoms with Gasteiger partial charge in [-0.3, -0.25) is 14.4 Å². The number of carbonyl (C=O) groups excluding carboxylic acids is 3. The second-order valence-corrected chi connectivity index (χ2v) is 9.68. The van der Waals surface area contributed by atoms with Crippen molar-refractivity contribution in [3.8, 4) is 0 Å². The number of rotatable bonds is 6. The molecule has 2 N–H and O–H groups in total. The van der Waals surface area contributed by atoms with Crippen LogP contribution in [0.25, 0.3) is 5.65 Å². The third kappa shape index (κ3) is 5.03. The number of methoxy groups -OCH3 is 1. The van der Waals surface area contributed by atoms with Gasteiger partial charge in [0.2, 0.25) is 0 Å². The van der Waals surface area contributed by atoms with Gasteiger partial charge in [-0.2, -0.15) is 5.10 Å². The third-order valence-electron chi connectivity index (χ3n) is 7.52. The maximum Gasteiger partial charge on any atom is 0.308 e. The topological polar surface area (TPSA) is 115 Å². The molecule has 0 radical (unpaired) electrons. The van der Waals surface area contributed by atoms with Crippen LogP contribution in [0.4, 0.5) is 8.78 Å². The first kappa shape index (κ1) is 24.8. The number of aromatic nitrogens is 3. The number of halogens is 2. The second-order valence-electron chi connectivity index (χ2n) is 9.68. The van der Waals surface area contributed by atoms with Crippen LogP contribution in [0.5, 0.6) is 0 Å². The van der Waals surface area contributed by atoms with Gasteiger partial charge in [0, 0.05) is 18.7 Å². The number of fused-ring (bicyclic) bond motifs is 2. The molecule has 0 saturated heterocycles. The highest BCUT2D eigenvalue weighted by Crippen LogP contribution is 2.44. The lowest BCUT2D eigenvalue weighted by Crippen LogP contribution is -2.41. The summed E-state index contributed by atoms with van der Waals surface area (Å²) in [5, 5.41) is 9.65. The van der Waals surface area contributed by atoms with E-state index in [1.165, 1.54) is 37.4 Å². The molecule has 2 amide bonds. The van der Waals surface area contributed by atoms with E-state index in [1.807, 2.05) is 0 Å². The van der Waals surface area contributed by atoms with Crippen molar-refractivity contribution in [3.63, 3.8) is 0 Å². The van der Waals surface area contributed by atoms with Crippen LogP contribution in [0.2, 0.25) is 0 Å². The molecule has 1 aromatic carbocycles. The summed E-state index contributed by atoms with van der Waals surface area (Å²) in [5.41, 5.74) is 0.291. The molecular weight excluding hydrogens is 484 g/mol. The highest BCUT2D eigenvalue weighted by molar-refractivity contribution is 5.98. The quantitative estimate of drug-likeness (QED) is 0.492. The number of benzene rings is 1. The number of nitrogens with one attached hydrogen (secondary N) is 2. The maximum atomic E-state index is 14.4. The van der Waals surface area contributed by atoms with Gasteiger partial charge in [0.05, 0.1) is 19.2 Å². The van der Waals surface area contributed by atoms with Gasteiger partial charge >= 0.3 is 5.97 Å². The summed E-state index contributed by atoms with van der Waals surface area (Å²) in [5.74, 6) is -1.99. The molecule has 2 aliphatic carbocycles. The SMILES string of the molecule is COC(=O)C1CCC2[C@@H](CC[C@@H]2NC(=O)c2cc(C(=O)NCc3ccc(F)cc3)nc3c(F)cnn23)C1. The van der Waals surface area contributed by atoms with Gasteiger partial charge in [-0.15, -0.1) is 0 Å². The number of nitrogens with zero attached hydrogens (tertiary/aromatic N) is 3. The van der Waals surface area contributed by atoms with Gasteiger partial charge in [-0.25, -0.2) is 18.3 Å². The van der Waals surface area contributed by atoms with E-state index < -0.39 is 17.6 Å². The molecule has 194 valence electrons. The molecule has 2 aliphatic rings. The minimum absolute atomic E-state index is 0.00692. The first-order valence-electron chi connectivity index (χ1n) is 12.3. The van der Waals surface area contributed by atoms with E-state index in [0.29, 0.717) is 17.9 Å². The molecule has 11 heteroatoms. The van der Waals surface area contributed by atoms with Crippen LogP contribution in [0.15, 0.2) is 36.5 Å². The summed E-state index contributed by atoms with van der Waals surface area (Å²) in [4.78, 5) is 42.2. The normalized spacial score (nSPS) is 22.9. The van der Waals surface area contributed by atoms with E-state index in [1.54, 1.807) is 0 Å². The number of ether oxygens (including phenoxy) is 1. The molecular formula is C26H27F2N5O4. The van der Waals surface area contributed by atoms with Crippen molar-refractivity contribution in [1.82, 2.24) is 25.2 Å². The Morgan fingerprint density at radius 1 is 1.08 bits per heavy atom. The first-order valence-corrected chi connectivity index (χ1v) is 12.3. The fourth-order valence-electron chi connectivity index (χ4n) is 5.65. The lowest BCUT2D eigenvalue weighted by Gasteiger charge is -2.33. The lowest BCUT2D eigenvalue weighted by atomic mass is 9.75. The highest BCUT2D eigenvalue weighted by atomic mass is 19.1. The average Bonchev–Trinajstić information content (AvgIpc) is 3.49. The van der Waals surface area contributed by atoms with E-state index in [4.69, 9.17) is 4.74 Å². The number of amides is 2. The molecule has 37 heavy (non-hydrogen) atoms. The van der Waals surface area contributed by atoms with Crippen LogP contribution in [0, 0.1) is 29.4 Å². The summed E-state index contributed by atoms with van der Waals surface area (Å²) < 4.78 is 33.5. The molecule has 0 aliphatic heterocycles. The van der Waals surface area contributed by atoms with Gasteiger partial charge in [0.1, 0.15) is 17.2 Å². The lowest BCUT2D eigenvalue weighted by molar-refractivity contribution is -0.147. The van der Waals surface area contributed by atoms with Crippen LogP contribution in [0.1, 0.15) is 58.6 Å². The minimum atomic E-state index is -0.760. The Kier molecular flexibility index (Phi) is 6.86. The summed E-state index contributed by atoms with van der Waals surface area (Å²) in [6, 6.07) is 6.83. The molecule has 0 spiro atoms. The van der Waals surface area contributed by atoms with Crippen molar-refractivity contribution < 1.29 is 27.9 Å². The number of hydrogen-bond donors (Lipinski definition) is 2. The molecule has 4 atom stereocenters. The van der Waals surface area contributed by atoms with E-state index in [9.17, 15) is 23.2 Å². The van der Waals surface area contributed by atoms with Gasteiger partial charge in [0.15, 0.2) is 11.5 Å². The number of hydrogen-bond acceptors (Lipinski definition) is 6. The Bertz CT molecular complexity index is 1340. The van der Waals surface area contributed by atoms with Crippen molar-refractivity contribution in [3.05, 3.63) is 65.1 Å². The summed E-state index contributed by atoms with van der Waals surface area (Å²) in [7, 11) is 1.40. The highest BCUT2D eigenvalue weighted by Gasteiger charge is 2.43. The molecule has 2 saturated carbocycles. The Morgan fingerprint density at radius 3 is 2.62 bits per heavy atom. The van der Waals surface area contributed by atoms with Crippen LogP contribution in [-0.4, -0.2) is 45.5 Å². The third-order valence-corrected chi connectivity index (χ3v) is 7.52. The zero-order valence-corrected chi connectivity index (χ0v) is 20.2. The molecule has 9 nitrogen and oxygen atoms in total. The van der Waals surface area contributed by atoms with Crippen molar-refractivity contribution >= 4 is 23.4 Å². The second kappa shape index (κ2) is 10.2. The van der Waals surface area contributed by atoms with E-state index in [-0.39, 0.29) is 53.2 Å². The smallest absolute Gasteiger partial charge is 0.308 e. The summed E-state index contributed by atoms with van der Waals surface area (Å²) in [6.07, 6.45) is 4.85. The summed E-state index contributed by atoms with van der Waals surface area (Å²) >= 11 is 0. The van der Waals surface area contributed by atoms with E-state index in [2.05, 4.69) is 20.7 Å². The molecule has 2 heterocycles. The van der Waals surface area contributed by atoms with Crippen LogP contribution in [-0.2, 0) is 16.1 Å². The fraction of sp³-hybridized carbons (Fsp3) is 0.423. The van der Waals surface area contributed by atoms with Crippen molar-refractivity contribution in [2.45, 2.75) is 44.7 Å². The Balaban J connectivity index is 1.32. The maximum absolute atomic E-state index is 14.4. The van der Waals surface area contributed by atoms with Gasteiger partial charge in [-0.1, -0.05) is 12.1 Å². The monoisotopic (exact) mass is 511 g/mol. The predicted molar refractivity (Wildman–Crippen MR) is 127 cm³/mol. The molecule has 2 aromatic heterocycles. The largest absolute Gasteiger partial charge is 0.469 e. The van der Waals surface area contributed by atoms with Crippen LogP contribution in [0.3, 0.4) is 0 Å². The standard InChI is InChI=1S/C26H27F2N5O4/c1-37-26(36)16-4-8-18-15(10-16)5-9-20(18)32-25(35)22-11-21(31-23-19(28)13-30-33(22)23)24(34)29-12-14-2-6-17(27)7-3-14/h2-3,6-7,11,13,15-16,18,20H,4-5,8-10,12H2,1H3,(H,29,34)(H,32,35)/t15-,16?,18?,20-/m0/s1. The molecule has 5 rings (SSSR count). The van der Waals surface area contributed by atoms with Gasteiger partial charge in [0.25, 0.3) is 11.8 Å². The summed E-state index contributed by atoms with van der Waals surface area (Å²) in [6.45, 7) is 0.104. The molecule has 2 fully saturated rings. The molecule has 2 unspecified atom stereocenters. The zero-order valence-electron chi connectivity index (χ0n) is 20.2. The first-order chi connectivity index (χ1) is 17.8. The van der Waals surface area contributed by atoms with Gasteiger partial charge < -0.3 is 15.4 Å². The van der Waals surface area contributed by atoms with E-state index in [0.717, 1.165) is 36.4 Å². The predicted octanol–water partition coefficient (Wildman–Crippen LogP) is 3.04. The fourth-order valence-corrected chi connectivity index (χ4v) is 5.65. The van der Waals surface area contributed by atoms with Crippen molar-refractivity contribution in [2.24, 2.45) is 17.8 Å². The van der Waals surface area contributed by atoms with Crippen molar-refractivity contribution in [2.75, 3.05) is 7.11 Å². The van der Waals surface area contributed by atoms with Crippen LogP contribution < -0.4 is 10.6 Å². The van der Waals surface area contributed by atoms with Gasteiger partial charge in [-0.05, 0) is 61.6 Å². The van der Waals surface area contributed by atoms with E-state index >= 15 is 0 Å². The Hall–Kier alpha value is -3.89. The molecule has 3 aromatic rings. The van der Waals surface area contributed by atoms with Crippen LogP contribution >= 0.6 is 0 Å². The average molecular weight is 512 g/mol. The zero-order chi connectivity index (χ0) is 26.1. The van der Waals surface area contributed by atoms with Crippen molar-refractivity contribution in [1.29, 1.82) is 0 Å². The Labute approximate surface area is 211 Å². The molecule has 0 bridgehead atoms. The minimum Gasteiger partial charge on any atom is -0.469 e.